The maximum absolute atomic E-state index is 13.3. The predicted molar refractivity (Wildman–Crippen MR) is 57.1 cm³/mol. The van der Waals surface area contributed by atoms with Gasteiger partial charge in [0.25, 0.3) is 0 Å². The van der Waals surface area contributed by atoms with Crippen molar-refractivity contribution in [2.75, 3.05) is 12.8 Å². The minimum absolute atomic E-state index is 0.200. The molecule has 1 aromatic rings. The fraction of sp³-hybridized carbons (Fsp3) is 0.400. The van der Waals surface area contributed by atoms with Crippen LogP contribution in [0.15, 0.2) is 29.2 Å². The Balaban J connectivity index is 2.90. The van der Waals surface area contributed by atoms with Crippen LogP contribution in [0.25, 0.3) is 0 Å². The van der Waals surface area contributed by atoms with E-state index in [9.17, 15) is 12.8 Å². The predicted octanol–water partition coefficient (Wildman–Crippen LogP) is 1.45. The normalized spacial score (nSPS) is 13.8. The van der Waals surface area contributed by atoms with Crippen LogP contribution in [0, 0.1) is 0 Å². The average Bonchev–Trinajstić information content (AvgIpc) is 2.17. The second-order valence-corrected chi connectivity index (χ2v) is 5.40. The number of benzene rings is 1. The first kappa shape index (κ1) is 12.1. The lowest BCUT2D eigenvalue weighted by molar-refractivity contribution is 0.327. The van der Waals surface area contributed by atoms with Crippen molar-refractivity contribution in [1.29, 1.82) is 0 Å². The summed E-state index contributed by atoms with van der Waals surface area (Å²) in [6.07, 6.45) is 0.246. The van der Waals surface area contributed by atoms with Crippen LogP contribution in [0.5, 0.6) is 0 Å². The van der Waals surface area contributed by atoms with Crippen LogP contribution in [0.3, 0.4) is 0 Å². The Morgan fingerprint density at radius 3 is 2.27 bits per heavy atom. The molecule has 0 saturated heterocycles. The van der Waals surface area contributed by atoms with Gasteiger partial charge in [-0.3, -0.25) is 0 Å². The molecule has 15 heavy (non-hydrogen) atoms. The molecular weight excluding hydrogens is 217 g/mol. The highest BCUT2D eigenvalue weighted by Gasteiger charge is 2.11. The number of alkyl halides is 1. The maximum Gasteiger partial charge on any atom is 0.175 e. The lowest BCUT2D eigenvalue weighted by Gasteiger charge is -2.07. The largest absolute Gasteiger partial charge is 0.330 e. The first-order chi connectivity index (χ1) is 6.95. The molecule has 3 nitrogen and oxygen atoms in total. The van der Waals surface area contributed by atoms with Crippen molar-refractivity contribution in [3.8, 4) is 0 Å². The van der Waals surface area contributed by atoms with Gasteiger partial charge in [-0.15, -0.1) is 0 Å². The molecule has 0 spiro atoms. The van der Waals surface area contributed by atoms with E-state index < -0.39 is 16.0 Å². The highest BCUT2D eigenvalue weighted by molar-refractivity contribution is 7.90. The first-order valence-electron chi connectivity index (χ1n) is 4.59. The van der Waals surface area contributed by atoms with Crippen molar-refractivity contribution >= 4 is 9.84 Å². The summed E-state index contributed by atoms with van der Waals surface area (Å²) < 4.78 is 35.6. The molecule has 0 radical (unpaired) electrons. The molecule has 1 rings (SSSR count). The van der Waals surface area contributed by atoms with E-state index in [1.807, 2.05) is 0 Å². The Labute approximate surface area is 89.0 Å². The summed E-state index contributed by atoms with van der Waals surface area (Å²) in [4.78, 5) is 0.200. The third-order valence-corrected chi connectivity index (χ3v) is 3.22. The van der Waals surface area contributed by atoms with Gasteiger partial charge in [0, 0.05) is 6.26 Å². The van der Waals surface area contributed by atoms with E-state index in [-0.39, 0.29) is 17.9 Å². The molecule has 0 aliphatic carbocycles. The van der Waals surface area contributed by atoms with Crippen molar-refractivity contribution in [2.45, 2.75) is 17.5 Å². The van der Waals surface area contributed by atoms with Gasteiger partial charge in [-0.05, 0) is 30.7 Å². The fourth-order valence-electron chi connectivity index (χ4n) is 1.24. The SMILES string of the molecule is CS(=O)(=O)c1ccc(C(F)CCN)cc1. The zero-order chi connectivity index (χ0) is 11.5. The summed E-state index contributed by atoms with van der Waals surface area (Å²) in [6, 6.07) is 5.79. The molecule has 84 valence electrons. The van der Waals surface area contributed by atoms with Crippen LogP contribution >= 0.6 is 0 Å². The molecule has 1 unspecified atom stereocenters. The molecule has 0 bridgehead atoms. The summed E-state index contributed by atoms with van der Waals surface area (Å²) in [6.45, 7) is 0.273. The van der Waals surface area contributed by atoms with Crippen LogP contribution in [-0.2, 0) is 9.84 Å². The van der Waals surface area contributed by atoms with Crippen molar-refractivity contribution in [3.63, 3.8) is 0 Å². The van der Waals surface area contributed by atoms with Gasteiger partial charge in [0.2, 0.25) is 0 Å². The van der Waals surface area contributed by atoms with Gasteiger partial charge in [0.05, 0.1) is 4.90 Å². The van der Waals surface area contributed by atoms with E-state index in [1.165, 1.54) is 24.3 Å². The number of sulfone groups is 1. The molecule has 1 aromatic carbocycles. The van der Waals surface area contributed by atoms with E-state index in [4.69, 9.17) is 5.73 Å². The number of rotatable bonds is 4. The standard InChI is InChI=1S/C10H14FNO2S/c1-15(13,14)9-4-2-8(3-5-9)10(11)6-7-12/h2-5,10H,6-7,12H2,1H3. The Morgan fingerprint density at radius 2 is 1.87 bits per heavy atom. The highest BCUT2D eigenvalue weighted by atomic mass is 32.2. The van der Waals surface area contributed by atoms with E-state index >= 15 is 0 Å². The van der Waals surface area contributed by atoms with Crippen molar-refractivity contribution in [1.82, 2.24) is 0 Å². The zero-order valence-corrected chi connectivity index (χ0v) is 9.30. The summed E-state index contributed by atoms with van der Waals surface area (Å²) in [5.74, 6) is 0. The number of hydrogen-bond donors (Lipinski definition) is 1. The van der Waals surface area contributed by atoms with Crippen molar-refractivity contribution in [2.24, 2.45) is 5.73 Å². The molecule has 1 atom stereocenters. The van der Waals surface area contributed by atoms with Crippen LogP contribution in [0.4, 0.5) is 4.39 Å². The van der Waals surface area contributed by atoms with E-state index in [0.717, 1.165) is 6.26 Å². The van der Waals surface area contributed by atoms with Crippen molar-refractivity contribution < 1.29 is 12.8 Å². The molecule has 0 aliphatic rings. The van der Waals surface area contributed by atoms with E-state index in [0.29, 0.717) is 5.56 Å². The third-order valence-electron chi connectivity index (χ3n) is 2.09. The fourth-order valence-corrected chi connectivity index (χ4v) is 1.87. The molecule has 0 fully saturated rings. The van der Waals surface area contributed by atoms with E-state index in [2.05, 4.69) is 0 Å². The highest BCUT2D eigenvalue weighted by Crippen LogP contribution is 2.21. The van der Waals surface area contributed by atoms with Crippen molar-refractivity contribution in [3.05, 3.63) is 29.8 Å². The van der Waals surface area contributed by atoms with Gasteiger partial charge in [0.1, 0.15) is 6.17 Å². The average molecular weight is 231 g/mol. The number of hydrogen-bond acceptors (Lipinski definition) is 3. The van der Waals surface area contributed by atoms with Gasteiger partial charge < -0.3 is 5.73 Å². The molecule has 5 heteroatoms. The third kappa shape index (κ3) is 3.28. The number of halogens is 1. The second kappa shape index (κ2) is 4.72. The van der Waals surface area contributed by atoms with Gasteiger partial charge in [-0.25, -0.2) is 12.8 Å². The maximum atomic E-state index is 13.3. The van der Waals surface area contributed by atoms with Gasteiger partial charge in [0.15, 0.2) is 9.84 Å². The summed E-state index contributed by atoms with van der Waals surface area (Å²) >= 11 is 0. The molecule has 0 aliphatic heterocycles. The van der Waals surface area contributed by atoms with Crippen LogP contribution in [0.1, 0.15) is 18.2 Å². The smallest absolute Gasteiger partial charge is 0.175 e. The van der Waals surface area contributed by atoms with Gasteiger partial charge in [-0.1, -0.05) is 12.1 Å². The molecular formula is C10H14FNO2S. The minimum Gasteiger partial charge on any atom is -0.330 e. The Bertz CT molecular complexity index is 414. The topological polar surface area (TPSA) is 60.2 Å². The summed E-state index contributed by atoms with van der Waals surface area (Å²) in [5, 5.41) is 0. The molecule has 2 N–H and O–H groups in total. The Morgan fingerprint density at radius 1 is 1.33 bits per heavy atom. The second-order valence-electron chi connectivity index (χ2n) is 3.39. The quantitative estimate of drug-likeness (QED) is 0.853. The van der Waals surface area contributed by atoms with Gasteiger partial charge in [-0.2, -0.15) is 0 Å². The summed E-state index contributed by atoms with van der Waals surface area (Å²) in [5.41, 5.74) is 5.70. The van der Waals surface area contributed by atoms with Crippen LogP contribution in [0.2, 0.25) is 0 Å². The molecule has 0 amide bonds. The van der Waals surface area contributed by atoms with Crippen LogP contribution < -0.4 is 5.73 Å². The Kier molecular flexibility index (Phi) is 3.82. The molecule has 0 heterocycles. The first-order valence-corrected chi connectivity index (χ1v) is 6.48. The summed E-state index contributed by atoms with van der Waals surface area (Å²) in [7, 11) is -3.20. The molecule has 0 saturated carbocycles. The zero-order valence-electron chi connectivity index (χ0n) is 8.48. The lowest BCUT2D eigenvalue weighted by atomic mass is 10.1. The van der Waals surface area contributed by atoms with Crippen LogP contribution in [-0.4, -0.2) is 21.2 Å². The van der Waals surface area contributed by atoms with E-state index in [1.54, 1.807) is 0 Å². The Hall–Kier alpha value is -0.940. The van der Waals surface area contributed by atoms with Gasteiger partial charge >= 0.3 is 0 Å². The lowest BCUT2D eigenvalue weighted by Crippen LogP contribution is -2.04. The monoisotopic (exact) mass is 231 g/mol. The molecule has 0 aromatic heterocycles. The minimum atomic E-state index is -3.20. The number of nitrogens with two attached hydrogens (primary N) is 1.